The molecule has 0 aliphatic rings. The van der Waals surface area contributed by atoms with Crippen molar-refractivity contribution in [3.05, 3.63) is 59.7 Å². The van der Waals surface area contributed by atoms with Crippen LogP contribution < -0.4 is 10.6 Å². The van der Waals surface area contributed by atoms with Gasteiger partial charge in [0.1, 0.15) is 5.41 Å². The molecule has 0 saturated heterocycles. The summed E-state index contributed by atoms with van der Waals surface area (Å²) in [6.45, 7) is 14.9. The maximum Gasteiger partial charge on any atom is 0.318 e. The van der Waals surface area contributed by atoms with E-state index >= 15 is 0 Å². The molecule has 0 aliphatic heterocycles. The molecule has 0 bridgehead atoms. The van der Waals surface area contributed by atoms with E-state index in [1.54, 1.807) is 6.92 Å². The van der Waals surface area contributed by atoms with Crippen molar-refractivity contribution in [2.45, 2.75) is 65.7 Å². The average Bonchev–Trinajstić information content (AvgIpc) is 2.80. The number of anilines is 2. The van der Waals surface area contributed by atoms with E-state index < -0.39 is 23.2 Å². The van der Waals surface area contributed by atoms with Crippen molar-refractivity contribution in [1.82, 2.24) is 0 Å². The van der Waals surface area contributed by atoms with E-state index in [9.17, 15) is 9.90 Å². The molecule has 0 aromatic heterocycles. The Morgan fingerprint density at radius 2 is 0.943 bits per heavy atom. The van der Waals surface area contributed by atoms with E-state index in [1.165, 1.54) is 0 Å². The van der Waals surface area contributed by atoms with Crippen molar-refractivity contribution in [2.24, 2.45) is 0 Å². The molecule has 0 saturated carbocycles. The zero-order chi connectivity index (χ0) is 26.1. The number of carboxylic acid groups (broad SMARTS) is 1. The standard InChI is InChI=1S/C27H40N2O6/c1-8-32-26(6,33-9-2)28-22-16-12-20(13-17-22)25(5,24(30)31)21-14-18-23(19-15-21)29-27(7,34-10-3)35-11-4/h12-19,28-29H,8-11H2,1-7H3,(H,30,31). The van der Waals surface area contributed by atoms with Gasteiger partial charge in [-0.15, -0.1) is 0 Å². The van der Waals surface area contributed by atoms with E-state index in [2.05, 4.69) is 10.6 Å². The molecular weight excluding hydrogens is 448 g/mol. The third kappa shape index (κ3) is 7.18. The highest BCUT2D eigenvalue weighted by Gasteiger charge is 2.37. The molecule has 0 amide bonds. The van der Waals surface area contributed by atoms with Crippen LogP contribution in [0.15, 0.2) is 48.5 Å². The van der Waals surface area contributed by atoms with Crippen LogP contribution in [0.4, 0.5) is 11.4 Å². The summed E-state index contributed by atoms with van der Waals surface area (Å²) >= 11 is 0. The van der Waals surface area contributed by atoms with E-state index in [0.717, 1.165) is 11.4 Å². The maximum atomic E-state index is 12.5. The van der Waals surface area contributed by atoms with Crippen LogP contribution in [0.1, 0.15) is 59.6 Å². The zero-order valence-corrected chi connectivity index (χ0v) is 21.9. The largest absolute Gasteiger partial charge is 0.480 e. The summed E-state index contributed by atoms with van der Waals surface area (Å²) in [5, 5.41) is 16.7. The molecule has 8 heteroatoms. The minimum atomic E-state index is -1.25. The monoisotopic (exact) mass is 488 g/mol. The quantitative estimate of drug-likeness (QED) is 0.287. The van der Waals surface area contributed by atoms with Gasteiger partial charge in [-0.05, 0) is 70.0 Å². The fraction of sp³-hybridized carbons (Fsp3) is 0.519. The normalized spacial score (nSPS) is 12.4. The van der Waals surface area contributed by atoms with Crippen molar-refractivity contribution in [3.8, 4) is 0 Å². The molecule has 35 heavy (non-hydrogen) atoms. The fourth-order valence-electron chi connectivity index (χ4n) is 4.04. The number of ether oxygens (including phenoxy) is 4. The number of carbonyl (C=O) groups is 1. The highest BCUT2D eigenvalue weighted by molar-refractivity contribution is 5.85. The summed E-state index contributed by atoms with van der Waals surface area (Å²) in [7, 11) is 0. The SMILES string of the molecule is CCOC(C)(Nc1ccc(C(C)(C(=O)O)c2ccc(NC(C)(OCC)OCC)cc2)cc1)OCC. The second-order valence-corrected chi connectivity index (χ2v) is 8.46. The Morgan fingerprint density at radius 3 is 1.17 bits per heavy atom. The topological polar surface area (TPSA) is 98.3 Å². The molecule has 0 heterocycles. The number of aliphatic carboxylic acids is 1. The number of rotatable bonds is 15. The lowest BCUT2D eigenvalue weighted by molar-refractivity contribution is -0.201. The van der Waals surface area contributed by atoms with Crippen LogP contribution in [-0.4, -0.2) is 49.3 Å². The molecule has 0 radical (unpaired) electrons. The van der Waals surface area contributed by atoms with Crippen LogP contribution in [0.5, 0.6) is 0 Å². The highest BCUT2D eigenvalue weighted by Crippen LogP contribution is 2.34. The van der Waals surface area contributed by atoms with Crippen molar-refractivity contribution in [1.29, 1.82) is 0 Å². The lowest BCUT2D eigenvalue weighted by atomic mass is 9.76. The van der Waals surface area contributed by atoms with E-state index in [-0.39, 0.29) is 0 Å². The van der Waals surface area contributed by atoms with Gasteiger partial charge < -0.3 is 34.7 Å². The predicted octanol–water partition coefficient (Wildman–Crippen LogP) is 5.39. The molecule has 8 nitrogen and oxygen atoms in total. The number of carboxylic acids is 1. The first-order valence-corrected chi connectivity index (χ1v) is 12.1. The van der Waals surface area contributed by atoms with Crippen LogP contribution in [0.3, 0.4) is 0 Å². The average molecular weight is 489 g/mol. The molecule has 194 valence electrons. The second-order valence-electron chi connectivity index (χ2n) is 8.46. The molecule has 0 atom stereocenters. The van der Waals surface area contributed by atoms with Crippen LogP contribution in [0.25, 0.3) is 0 Å². The van der Waals surface area contributed by atoms with Crippen LogP contribution in [0.2, 0.25) is 0 Å². The smallest absolute Gasteiger partial charge is 0.318 e. The van der Waals surface area contributed by atoms with E-state index in [0.29, 0.717) is 37.6 Å². The molecular formula is C27H40N2O6. The summed E-state index contributed by atoms with van der Waals surface area (Å²) < 4.78 is 22.8. The Labute approximate surface area is 208 Å². The first-order chi connectivity index (χ1) is 16.6. The Bertz CT molecular complexity index is 850. The van der Waals surface area contributed by atoms with Crippen molar-refractivity contribution < 1.29 is 28.8 Å². The number of nitrogens with one attached hydrogen (secondary N) is 2. The Kier molecular flexibility index (Phi) is 10.1. The first kappa shape index (κ1) is 28.6. The molecule has 2 aromatic carbocycles. The van der Waals surface area contributed by atoms with Gasteiger partial charge in [0.05, 0.1) is 0 Å². The van der Waals surface area contributed by atoms with Crippen molar-refractivity contribution in [2.75, 3.05) is 37.1 Å². The van der Waals surface area contributed by atoms with Gasteiger partial charge in [0.25, 0.3) is 0 Å². The maximum absolute atomic E-state index is 12.5. The van der Waals surface area contributed by atoms with Gasteiger partial charge in [-0.2, -0.15) is 0 Å². The Morgan fingerprint density at radius 1 is 0.657 bits per heavy atom. The van der Waals surface area contributed by atoms with Gasteiger partial charge in [0, 0.05) is 51.6 Å². The predicted molar refractivity (Wildman–Crippen MR) is 138 cm³/mol. The molecule has 2 rings (SSSR count). The minimum absolute atomic E-state index is 0.484. The second kappa shape index (κ2) is 12.4. The number of benzene rings is 2. The Balaban J connectivity index is 2.29. The van der Waals surface area contributed by atoms with E-state index in [1.807, 2.05) is 90.1 Å². The summed E-state index contributed by atoms with van der Waals surface area (Å²) in [6, 6.07) is 14.6. The third-order valence-electron chi connectivity index (χ3n) is 5.77. The molecule has 0 spiro atoms. The van der Waals surface area contributed by atoms with Crippen LogP contribution in [-0.2, 0) is 29.2 Å². The van der Waals surface area contributed by atoms with Gasteiger partial charge in [-0.3, -0.25) is 4.79 Å². The third-order valence-corrected chi connectivity index (χ3v) is 5.77. The van der Waals surface area contributed by atoms with Gasteiger partial charge in [-0.25, -0.2) is 0 Å². The van der Waals surface area contributed by atoms with Gasteiger partial charge in [0.15, 0.2) is 0 Å². The van der Waals surface area contributed by atoms with Crippen LogP contribution in [0, 0.1) is 0 Å². The molecule has 0 fully saturated rings. The number of hydrogen-bond donors (Lipinski definition) is 3. The lowest BCUT2D eigenvalue weighted by Crippen LogP contribution is -2.41. The summed E-state index contributed by atoms with van der Waals surface area (Å²) in [6.07, 6.45) is 0. The lowest BCUT2D eigenvalue weighted by Gasteiger charge is -2.32. The fourth-order valence-corrected chi connectivity index (χ4v) is 4.04. The Hall–Kier alpha value is -2.65. The van der Waals surface area contributed by atoms with Gasteiger partial charge >= 0.3 is 5.97 Å². The molecule has 2 aromatic rings. The van der Waals surface area contributed by atoms with Crippen LogP contribution >= 0.6 is 0 Å². The van der Waals surface area contributed by atoms with Gasteiger partial charge in [0.2, 0.25) is 11.8 Å². The molecule has 0 unspecified atom stereocenters. The zero-order valence-electron chi connectivity index (χ0n) is 21.9. The summed E-state index contributed by atoms with van der Waals surface area (Å²) in [5.74, 6) is -2.89. The molecule has 0 aliphatic carbocycles. The van der Waals surface area contributed by atoms with Crippen molar-refractivity contribution >= 4 is 17.3 Å². The first-order valence-electron chi connectivity index (χ1n) is 12.1. The summed E-state index contributed by atoms with van der Waals surface area (Å²) in [4.78, 5) is 12.5. The highest BCUT2D eigenvalue weighted by atomic mass is 16.7. The minimum Gasteiger partial charge on any atom is -0.480 e. The summed E-state index contributed by atoms with van der Waals surface area (Å²) in [5.41, 5.74) is 1.58. The number of hydrogen-bond acceptors (Lipinski definition) is 7. The van der Waals surface area contributed by atoms with Crippen molar-refractivity contribution in [3.63, 3.8) is 0 Å². The molecule has 3 N–H and O–H groups in total. The van der Waals surface area contributed by atoms with Gasteiger partial charge in [-0.1, -0.05) is 24.3 Å². The van der Waals surface area contributed by atoms with E-state index in [4.69, 9.17) is 18.9 Å².